The first-order valence-corrected chi connectivity index (χ1v) is 10.6. The SMILES string of the molecule is CCS(=O)(=O)NCCCNC(=O)NCc1c(C)nn(-c2ccccc2)c1C. The van der Waals surface area contributed by atoms with E-state index in [4.69, 9.17) is 0 Å². The van der Waals surface area contributed by atoms with E-state index in [2.05, 4.69) is 20.5 Å². The predicted molar refractivity (Wildman–Crippen MR) is 105 cm³/mol. The monoisotopic (exact) mass is 393 g/mol. The van der Waals surface area contributed by atoms with Gasteiger partial charge in [-0.1, -0.05) is 18.2 Å². The van der Waals surface area contributed by atoms with Crippen molar-refractivity contribution in [1.29, 1.82) is 0 Å². The van der Waals surface area contributed by atoms with E-state index in [1.165, 1.54) is 0 Å². The highest BCUT2D eigenvalue weighted by molar-refractivity contribution is 7.89. The van der Waals surface area contributed by atoms with Gasteiger partial charge in [-0.2, -0.15) is 5.10 Å². The van der Waals surface area contributed by atoms with Crippen LogP contribution in [0.1, 0.15) is 30.3 Å². The lowest BCUT2D eigenvalue weighted by molar-refractivity contribution is 0.240. The van der Waals surface area contributed by atoms with Gasteiger partial charge in [0.15, 0.2) is 0 Å². The third-order valence-corrected chi connectivity index (χ3v) is 5.61. The van der Waals surface area contributed by atoms with Crippen molar-refractivity contribution in [2.75, 3.05) is 18.8 Å². The van der Waals surface area contributed by atoms with Crippen LogP contribution in [-0.2, 0) is 16.6 Å². The molecule has 1 aromatic heterocycles. The molecule has 2 amide bonds. The van der Waals surface area contributed by atoms with Crippen molar-refractivity contribution in [3.8, 4) is 5.69 Å². The molecular formula is C18H27N5O3S. The summed E-state index contributed by atoms with van der Waals surface area (Å²) < 4.78 is 26.9. The summed E-state index contributed by atoms with van der Waals surface area (Å²) in [5.41, 5.74) is 3.80. The highest BCUT2D eigenvalue weighted by Crippen LogP contribution is 2.17. The van der Waals surface area contributed by atoms with E-state index in [0.29, 0.717) is 26.1 Å². The number of urea groups is 1. The van der Waals surface area contributed by atoms with Crippen LogP contribution in [0.15, 0.2) is 30.3 Å². The lowest BCUT2D eigenvalue weighted by Gasteiger charge is -2.09. The van der Waals surface area contributed by atoms with Gasteiger partial charge in [-0.3, -0.25) is 0 Å². The minimum atomic E-state index is -3.18. The topological polar surface area (TPSA) is 105 Å². The number of para-hydroxylation sites is 1. The van der Waals surface area contributed by atoms with E-state index in [9.17, 15) is 13.2 Å². The van der Waals surface area contributed by atoms with E-state index in [0.717, 1.165) is 22.6 Å². The zero-order chi connectivity index (χ0) is 19.9. The number of rotatable bonds is 9. The summed E-state index contributed by atoms with van der Waals surface area (Å²) in [5.74, 6) is 0.0519. The Morgan fingerprint density at radius 1 is 1.11 bits per heavy atom. The number of amides is 2. The second-order valence-corrected chi connectivity index (χ2v) is 8.25. The normalized spacial score (nSPS) is 11.4. The maximum absolute atomic E-state index is 11.9. The van der Waals surface area contributed by atoms with Gasteiger partial charge in [0.25, 0.3) is 0 Å². The minimum absolute atomic E-state index is 0.0519. The van der Waals surface area contributed by atoms with Crippen LogP contribution in [0.4, 0.5) is 4.79 Å². The first-order chi connectivity index (χ1) is 12.8. The first-order valence-electron chi connectivity index (χ1n) is 8.93. The Morgan fingerprint density at radius 3 is 2.48 bits per heavy atom. The van der Waals surface area contributed by atoms with E-state index < -0.39 is 10.0 Å². The Labute approximate surface area is 160 Å². The highest BCUT2D eigenvalue weighted by Gasteiger charge is 2.13. The van der Waals surface area contributed by atoms with Gasteiger partial charge < -0.3 is 10.6 Å². The fourth-order valence-corrected chi connectivity index (χ4v) is 3.26. The molecule has 2 aromatic rings. The molecule has 1 heterocycles. The van der Waals surface area contributed by atoms with Crippen LogP contribution in [0.5, 0.6) is 0 Å². The van der Waals surface area contributed by atoms with Gasteiger partial charge in [-0.15, -0.1) is 0 Å². The number of carbonyl (C=O) groups excluding carboxylic acids is 1. The number of aromatic nitrogens is 2. The van der Waals surface area contributed by atoms with Crippen molar-refractivity contribution in [1.82, 2.24) is 25.1 Å². The van der Waals surface area contributed by atoms with Gasteiger partial charge in [0.1, 0.15) is 0 Å². The minimum Gasteiger partial charge on any atom is -0.338 e. The standard InChI is InChI=1S/C18H27N5O3S/c1-4-27(25,26)21-12-8-11-19-18(24)20-13-17-14(2)22-23(15(17)3)16-9-6-5-7-10-16/h5-7,9-10,21H,4,8,11-13H2,1-3H3,(H2,19,20,24). The average molecular weight is 394 g/mol. The van der Waals surface area contributed by atoms with Crippen LogP contribution in [0.3, 0.4) is 0 Å². The molecule has 148 valence electrons. The Bertz CT molecular complexity index is 863. The zero-order valence-corrected chi connectivity index (χ0v) is 16.8. The summed E-state index contributed by atoms with van der Waals surface area (Å²) in [6.07, 6.45) is 0.524. The van der Waals surface area contributed by atoms with Gasteiger partial charge in [0, 0.05) is 30.9 Å². The van der Waals surface area contributed by atoms with Gasteiger partial charge in [0.2, 0.25) is 10.0 Å². The molecule has 0 aliphatic rings. The number of nitrogens with one attached hydrogen (secondary N) is 3. The lowest BCUT2D eigenvalue weighted by atomic mass is 10.2. The number of sulfonamides is 1. The first kappa shape index (κ1) is 20.9. The van der Waals surface area contributed by atoms with Crippen molar-refractivity contribution >= 4 is 16.1 Å². The molecule has 9 heteroatoms. The van der Waals surface area contributed by atoms with Gasteiger partial charge >= 0.3 is 6.03 Å². The van der Waals surface area contributed by atoms with Crippen molar-refractivity contribution in [3.05, 3.63) is 47.3 Å². The zero-order valence-electron chi connectivity index (χ0n) is 15.9. The van der Waals surface area contributed by atoms with E-state index >= 15 is 0 Å². The molecule has 27 heavy (non-hydrogen) atoms. The predicted octanol–water partition coefficient (Wildman–Crippen LogP) is 1.62. The van der Waals surface area contributed by atoms with Crippen molar-refractivity contribution in [2.45, 2.75) is 33.7 Å². The van der Waals surface area contributed by atoms with Crippen LogP contribution in [0.2, 0.25) is 0 Å². The van der Waals surface area contributed by atoms with E-state index in [-0.39, 0.29) is 11.8 Å². The molecule has 0 saturated heterocycles. The summed E-state index contributed by atoms with van der Waals surface area (Å²) in [7, 11) is -3.18. The van der Waals surface area contributed by atoms with Crippen molar-refractivity contribution in [2.24, 2.45) is 0 Å². The van der Waals surface area contributed by atoms with Crippen LogP contribution < -0.4 is 15.4 Å². The largest absolute Gasteiger partial charge is 0.338 e. The van der Waals surface area contributed by atoms with Crippen molar-refractivity contribution < 1.29 is 13.2 Å². The Kier molecular flexibility index (Phi) is 7.37. The summed E-state index contributed by atoms with van der Waals surface area (Å²) >= 11 is 0. The van der Waals surface area contributed by atoms with Crippen LogP contribution >= 0.6 is 0 Å². The molecule has 0 fully saturated rings. The summed E-state index contributed by atoms with van der Waals surface area (Å²) in [6, 6.07) is 9.54. The molecule has 3 N–H and O–H groups in total. The maximum Gasteiger partial charge on any atom is 0.315 e. The van der Waals surface area contributed by atoms with Crippen LogP contribution in [0, 0.1) is 13.8 Å². The molecule has 0 radical (unpaired) electrons. The third-order valence-electron chi connectivity index (χ3n) is 4.21. The molecule has 2 rings (SSSR count). The fraction of sp³-hybridized carbons (Fsp3) is 0.444. The number of carbonyl (C=O) groups is 1. The number of aryl methyl sites for hydroxylation is 1. The lowest BCUT2D eigenvalue weighted by Crippen LogP contribution is -2.37. The van der Waals surface area contributed by atoms with E-state index in [1.54, 1.807) is 6.92 Å². The molecule has 8 nitrogen and oxygen atoms in total. The number of hydrogen-bond donors (Lipinski definition) is 3. The van der Waals surface area contributed by atoms with Gasteiger partial charge in [0.05, 0.1) is 17.1 Å². The second kappa shape index (κ2) is 9.52. The highest BCUT2D eigenvalue weighted by atomic mass is 32.2. The Hall–Kier alpha value is -2.39. The average Bonchev–Trinajstić information content (AvgIpc) is 2.94. The summed E-state index contributed by atoms with van der Waals surface area (Å²) in [5, 5.41) is 10.1. The maximum atomic E-state index is 11.9. The van der Waals surface area contributed by atoms with Crippen molar-refractivity contribution in [3.63, 3.8) is 0 Å². The molecule has 0 saturated carbocycles. The molecule has 0 aliphatic heterocycles. The fourth-order valence-electron chi connectivity index (χ4n) is 2.60. The van der Waals surface area contributed by atoms with Crippen LogP contribution in [0.25, 0.3) is 5.69 Å². The molecule has 0 atom stereocenters. The van der Waals surface area contributed by atoms with Crippen LogP contribution in [-0.4, -0.2) is 43.1 Å². The Balaban J connectivity index is 1.81. The third kappa shape index (κ3) is 6.07. The van der Waals surface area contributed by atoms with E-state index in [1.807, 2.05) is 48.9 Å². The number of hydrogen-bond acceptors (Lipinski definition) is 4. The van der Waals surface area contributed by atoms with Gasteiger partial charge in [-0.05, 0) is 39.3 Å². The summed E-state index contributed by atoms with van der Waals surface area (Å²) in [6.45, 7) is 6.54. The molecule has 0 aliphatic carbocycles. The molecular weight excluding hydrogens is 366 g/mol. The quantitative estimate of drug-likeness (QED) is 0.563. The summed E-state index contributed by atoms with van der Waals surface area (Å²) in [4.78, 5) is 11.9. The number of nitrogens with zero attached hydrogens (tertiary/aromatic N) is 2. The smallest absolute Gasteiger partial charge is 0.315 e. The second-order valence-electron chi connectivity index (χ2n) is 6.16. The molecule has 1 aromatic carbocycles. The molecule has 0 unspecified atom stereocenters. The number of benzene rings is 1. The van der Waals surface area contributed by atoms with Gasteiger partial charge in [-0.25, -0.2) is 22.6 Å². The Morgan fingerprint density at radius 2 is 1.81 bits per heavy atom. The molecule has 0 spiro atoms. The molecule has 0 bridgehead atoms.